The summed E-state index contributed by atoms with van der Waals surface area (Å²) in [6.45, 7) is 2.61. The van der Waals surface area contributed by atoms with Gasteiger partial charge in [0.2, 0.25) is 5.91 Å². The zero-order chi connectivity index (χ0) is 13.2. The molecule has 1 heterocycles. The van der Waals surface area contributed by atoms with Crippen molar-refractivity contribution in [2.45, 2.75) is 32.7 Å². The normalized spacial score (nSPS) is 17.5. The molecule has 0 atom stereocenters. The molecule has 1 aliphatic carbocycles. The first kappa shape index (κ1) is 12.9. The maximum Gasteiger partial charge on any atom is 0.234 e. The number of hydrogen-bond donors (Lipinski definition) is 3. The number of nitrogens with two attached hydrogens (primary N) is 1. The zero-order valence-corrected chi connectivity index (χ0v) is 11.1. The van der Waals surface area contributed by atoms with E-state index in [0.29, 0.717) is 19.4 Å². The fraction of sp³-hybridized carbons (Fsp3) is 0.500. The van der Waals surface area contributed by atoms with Crippen LogP contribution in [0.5, 0.6) is 0 Å². The van der Waals surface area contributed by atoms with Crippen molar-refractivity contribution < 1.29 is 10.0 Å². The number of carbonyl (C=O) groups is 1. The molecule has 98 valence electrons. The zero-order valence-electron chi connectivity index (χ0n) is 10.3. The monoisotopic (exact) mass is 267 g/mol. The SMILES string of the molecule is CCc1ccc(CNC(=O)C2(/C(N)=N/O)CC2)s1. The van der Waals surface area contributed by atoms with Crippen LogP contribution in [0.15, 0.2) is 17.3 Å². The second kappa shape index (κ2) is 4.97. The van der Waals surface area contributed by atoms with E-state index in [2.05, 4.69) is 23.5 Å². The van der Waals surface area contributed by atoms with Crippen LogP contribution in [0.25, 0.3) is 0 Å². The molecule has 1 aromatic heterocycles. The van der Waals surface area contributed by atoms with E-state index in [1.54, 1.807) is 11.3 Å². The van der Waals surface area contributed by atoms with Crippen molar-refractivity contribution in [2.75, 3.05) is 0 Å². The highest BCUT2D eigenvalue weighted by molar-refractivity contribution is 7.11. The van der Waals surface area contributed by atoms with Gasteiger partial charge in [-0.15, -0.1) is 11.3 Å². The van der Waals surface area contributed by atoms with Crippen molar-refractivity contribution in [1.29, 1.82) is 0 Å². The van der Waals surface area contributed by atoms with Crippen LogP contribution in [0, 0.1) is 5.41 Å². The fourth-order valence-electron chi connectivity index (χ4n) is 1.86. The lowest BCUT2D eigenvalue weighted by Gasteiger charge is -2.12. The number of nitrogens with one attached hydrogen (secondary N) is 1. The van der Waals surface area contributed by atoms with Crippen LogP contribution in [0.4, 0.5) is 0 Å². The molecule has 0 saturated heterocycles. The molecule has 0 aliphatic heterocycles. The number of rotatable bonds is 5. The summed E-state index contributed by atoms with van der Waals surface area (Å²) in [4.78, 5) is 14.4. The van der Waals surface area contributed by atoms with Crippen molar-refractivity contribution in [3.8, 4) is 0 Å². The van der Waals surface area contributed by atoms with E-state index in [-0.39, 0.29) is 11.7 Å². The third kappa shape index (κ3) is 2.33. The van der Waals surface area contributed by atoms with Gasteiger partial charge in [0.05, 0.1) is 6.54 Å². The summed E-state index contributed by atoms with van der Waals surface area (Å²) >= 11 is 1.69. The minimum Gasteiger partial charge on any atom is -0.409 e. The highest BCUT2D eigenvalue weighted by atomic mass is 32.1. The van der Waals surface area contributed by atoms with Gasteiger partial charge in [-0.3, -0.25) is 4.79 Å². The van der Waals surface area contributed by atoms with Gasteiger partial charge in [-0.25, -0.2) is 0 Å². The molecule has 18 heavy (non-hydrogen) atoms. The lowest BCUT2D eigenvalue weighted by molar-refractivity contribution is -0.124. The Morgan fingerprint density at radius 2 is 2.22 bits per heavy atom. The number of amides is 1. The highest BCUT2D eigenvalue weighted by Crippen LogP contribution is 2.46. The number of hydrogen-bond acceptors (Lipinski definition) is 4. The highest BCUT2D eigenvalue weighted by Gasteiger charge is 2.54. The maximum atomic E-state index is 12.0. The summed E-state index contributed by atoms with van der Waals surface area (Å²) < 4.78 is 0. The van der Waals surface area contributed by atoms with Gasteiger partial charge < -0.3 is 16.3 Å². The molecule has 0 aromatic carbocycles. The molecular weight excluding hydrogens is 250 g/mol. The van der Waals surface area contributed by atoms with Crippen LogP contribution < -0.4 is 11.1 Å². The molecule has 6 heteroatoms. The van der Waals surface area contributed by atoms with Gasteiger partial charge in [0.25, 0.3) is 0 Å². The van der Waals surface area contributed by atoms with Gasteiger partial charge in [-0.2, -0.15) is 0 Å². The van der Waals surface area contributed by atoms with Crippen LogP contribution in [0.3, 0.4) is 0 Å². The van der Waals surface area contributed by atoms with Gasteiger partial charge in [-0.1, -0.05) is 12.1 Å². The van der Waals surface area contributed by atoms with E-state index >= 15 is 0 Å². The van der Waals surface area contributed by atoms with Crippen molar-refractivity contribution in [2.24, 2.45) is 16.3 Å². The average Bonchev–Trinajstić information content (AvgIpc) is 3.08. The first-order valence-corrected chi connectivity index (χ1v) is 6.78. The first-order chi connectivity index (χ1) is 8.62. The standard InChI is InChI=1S/C12H17N3O2S/c1-2-8-3-4-9(18-8)7-14-11(16)12(5-6-12)10(13)15-17/h3-4,17H,2,5-7H2,1H3,(H2,13,15)(H,14,16). The van der Waals surface area contributed by atoms with Crippen LogP contribution in [-0.2, 0) is 17.8 Å². The first-order valence-electron chi connectivity index (χ1n) is 5.96. The van der Waals surface area contributed by atoms with Crippen LogP contribution in [0.2, 0.25) is 0 Å². The van der Waals surface area contributed by atoms with Gasteiger partial charge in [-0.05, 0) is 31.4 Å². The molecule has 0 radical (unpaired) electrons. The molecule has 4 N–H and O–H groups in total. The minimum absolute atomic E-state index is 0.0143. The number of aryl methyl sites for hydroxylation is 1. The largest absolute Gasteiger partial charge is 0.409 e. The molecule has 1 aromatic rings. The lowest BCUT2D eigenvalue weighted by atomic mass is 10.1. The van der Waals surface area contributed by atoms with Crippen LogP contribution in [-0.4, -0.2) is 17.0 Å². The Balaban J connectivity index is 1.93. The summed E-state index contributed by atoms with van der Waals surface area (Å²) in [5, 5.41) is 14.5. The Morgan fingerprint density at radius 1 is 1.56 bits per heavy atom. The number of carbonyl (C=O) groups excluding carboxylic acids is 1. The van der Waals surface area contributed by atoms with E-state index < -0.39 is 5.41 Å². The number of thiophene rings is 1. The number of oxime groups is 1. The average molecular weight is 267 g/mol. The summed E-state index contributed by atoms with van der Waals surface area (Å²) in [6.07, 6.45) is 2.31. The van der Waals surface area contributed by atoms with E-state index in [9.17, 15) is 4.79 Å². The molecule has 2 rings (SSSR count). The maximum absolute atomic E-state index is 12.0. The lowest BCUT2D eigenvalue weighted by Crippen LogP contribution is -2.40. The summed E-state index contributed by atoms with van der Waals surface area (Å²) in [5.41, 5.74) is 4.79. The molecular formula is C12H17N3O2S. The second-order valence-corrected chi connectivity index (χ2v) is 5.72. The number of nitrogens with zero attached hydrogens (tertiary/aromatic N) is 1. The van der Waals surface area contributed by atoms with E-state index in [0.717, 1.165) is 11.3 Å². The van der Waals surface area contributed by atoms with Crippen molar-refractivity contribution in [3.63, 3.8) is 0 Å². The Morgan fingerprint density at radius 3 is 2.72 bits per heavy atom. The van der Waals surface area contributed by atoms with Crippen molar-refractivity contribution in [3.05, 3.63) is 21.9 Å². The van der Waals surface area contributed by atoms with E-state index in [1.165, 1.54) is 4.88 Å². The predicted octanol–water partition coefficient (Wildman–Crippen LogP) is 1.45. The minimum atomic E-state index is -0.764. The van der Waals surface area contributed by atoms with Crippen LogP contribution in [0.1, 0.15) is 29.5 Å². The Labute approximate surface area is 110 Å². The molecule has 0 spiro atoms. The third-order valence-electron chi connectivity index (χ3n) is 3.27. The van der Waals surface area contributed by atoms with Crippen LogP contribution >= 0.6 is 11.3 Å². The molecule has 1 saturated carbocycles. The van der Waals surface area contributed by atoms with Crippen molar-refractivity contribution >= 4 is 23.1 Å². The van der Waals surface area contributed by atoms with Crippen molar-refractivity contribution in [1.82, 2.24) is 5.32 Å². The van der Waals surface area contributed by atoms with Gasteiger partial charge >= 0.3 is 0 Å². The van der Waals surface area contributed by atoms with Gasteiger partial charge in [0.1, 0.15) is 5.41 Å². The van der Waals surface area contributed by atoms with E-state index in [1.807, 2.05) is 6.07 Å². The predicted molar refractivity (Wildman–Crippen MR) is 70.6 cm³/mol. The summed E-state index contributed by atoms with van der Waals surface area (Å²) in [6, 6.07) is 4.09. The smallest absolute Gasteiger partial charge is 0.234 e. The van der Waals surface area contributed by atoms with Gasteiger partial charge in [0.15, 0.2) is 5.84 Å². The van der Waals surface area contributed by atoms with Gasteiger partial charge in [0, 0.05) is 9.75 Å². The molecule has 0 unspecified atom stereocenters. The topological polar surface area (TPSA) is 87.7 Å². The Bertz CT molecular complexity index is 477. The molecule has 1 aliphatic rings. The fourth-order valence-corrected chi connectivity index (χ4v) is 2.76. The molecule has 1 amide bonds. The van der Waals surface area contributed by atoms with E-state index in [4.69, 9.17) is 10.9 Å². The quantitative estimate of drug-likeness (QED) is 0.326. The summed E-state index contributed by atoms with van der Waals surface area (Å²) in [7, 11) is 0. The Hall–Kier alpha value is -1.56. The molecule has 1 fully saturated rings. The number of amidine groups is 1. The molecule has 5 nitrogen and oxygen atoms in total. The third-order valence-corrected chi connectivity index (χ3v) is 4.50. The second-order valence-electron chi connectivity index (χ2n) is 4.47. The molecule has 0 bridgehead atoms. The summed E-state index contributed by atoms with van der Waals surface area (Å²) in [5.74, 6) is -0.135. The Kier molecular flexibility index (Phi) is 3.56.